The van der Waals surface area contributed by atoms with Gasteiger partial charge in [0, 0.05) is 30.6 Å². The Morgan fingerprint density at radius 2 is 2.14 bits per heavy atom. The van der Waals surface area contributed by atoms with E-state index in [1.54, 1.807) is 7.11 Å². The Balaban J connectivity index is 2.02. The molecule has 1 aliphatic rings. The first kappa shape index (κ1) is 17.0. The maximum atomic E-state index is 5.19. The molecule has 0 aliphatic carbocycles. The maximum absolute atomic E-state index is 5.19. The lowest BCUT2D eigenvalue weighted by atomic mass is 10.2. The molecular weight excluding hydrogens is 294 g/mol. The molecule has 0 amide bonds. The van der Waals surface area contributed by atoms with Crippen LogP contribution in [-0.2, 0) is 6.54 Å². The molecule has 1 aromatic carbocycles. The highest BCUT2D eigenvalue weighted by Gasteiger charge is 2.21. The fourth-order valence-corrected chi connectivity index (χ4v) is 3.66. The average Bonchev–Trinajstić information content (AvgIpc) is 2.59. The van der Waals surface area contributed by atoms with E-state index in [0.717, 1.165) is 36.6 Å². The van der Waals surface area contributed by atoms with Gasteiger partial charge >= 0.3 is 0 Å². The van der Waals surface area contributed by atoms with E-state index in [2.05, 4.69) is 48.0 Å². The Bertz CT molecular complexity index is 475. The minimum absolute atomic E-state index is 0.701. The van der Waals surface area contributed by atoms with E-state index in [9.17, 15) is 0 Å². The summed E-state index contributed by atoms with van der Waals surface area (Å²) in [4.78, 5) is 7.21. The van der Waals surface area contributed by atoms with Gasteiger partial charge in [-0.3, -0.25) is 0 Å². The zero-order valence-electron chi connectivity index (χ0n) is 13.8. The number of hydrogen-bond donors (Lipinski definition) is 1. The highest BCUT2D eigenvalue weighted by Crippen LogP contribution is 2.21. The van der Waals surface area contributed by atoms with Crippen molar-refractivity contribution >= 4 is 17.7 Å². The lowest BCUT2D eigenvalue weighted by molar-refractivity contribution is 0.408. The van der Waals surface area contributed by atoms with Crippen LogP contribution in [0.25, 0.3) is 0 Å². The van der Waals surface area contributed by atoms with Gasteiger partial charge in [-0.1, -0.05) is 19.1 Å². The molecule has 0 radical (unpaired) electrons. The van der Waals surface area contributed by atoms with E-state index in [4.69, 9.17) is 9.73 Å². The molecule has 4 nitrogen and oxygen atoms in total. The predicted molar refractivity (Wildman–Crippen MR) is 95.9 cm³/mol. The van der Waals surface area contributed by atoms with Crippen LogP contribution in [0, 0.1) is 0 Å². The van der Waals surface area contributed by atoms with Crippen molar-refractivity contribution in [1.82, 2.24) is 10.2 Å². The van der Waals surface area contributed by atoms with Gasteiger partial charge in [-0.25, -0.2) is 4.99 Å². The summed E-state index contributed by atoms with van der Waals surface area (Å²) in [5.41, 5.74) is 1.20. The Hall–Kier alpha value is -1.36. The van der Waals surface area contributed by atoms with Crippen LogP contribution in [0.3, 0.4) is 0 Å². The molecule has 1 aliphatic heterocycles. The summed E-state index contributed by atoms with van der Waals surface area (Å²) in [5, 5.41) is 4.15. The van der Waals surface area contributed by atoms with Crippen LogP contribution in [0.4, 0.5) is 0 Å². The van der Waals surface area contributed by atoms with E-state index in [1.807, 2.05) is 12.1 Å². The number of ether oxygens (including phenoxy) is 1. The highest BCUT2D eigenvalue weighted by molar-refractivity contribution is 8.00. The van der Waals surface area contributed by atoms with Crippen molar-refractivity contribution in [2.45, 2.75) is 32.1 Å². The van der Waals surface area contributed by atoms with Crippen LogP contribution in [0.1, 0.15) is 25.8 Å². The van der Waals surface area contributed by atoms with Gasteiger partial charge in [0.15, 0.2) is 5.96 Å². The minimum Gasteiger partial charge on any atom is -0.497 e. The first-order valence-electron chi connectivity index (χ1n) is 8.04. The number of benzene rings is 1. The van der Waals surface area contributed by atoms with Gasteiger partial charge in [-0.15, -0.1) is 0 Å². The van der Waals surface area contributed by atoms with Gasteiger partial charge in [0.2, 0.25) is 0 Å². The van der Waals surface area contributed by atoms with Crippen molar-refractivity contribution in [3.63, 3.8) is 0 Å². The van der Waals surface area contributed by atoms with Crippen molar-refractivity contribution in [2.75, 3.05) is 32.5 Å². The second kappa shape index (κ2) is 8.93. The molecule has 1 heterocycles. The Morgan fingerprint density at radius 1 is 1.36 bits per heavy atom. The molecule has 1 N–H and O–H groups in total. The number of thioether (sulfide) groups is 1. The number of rotatable bonds is 5. The molecule has 1 aromatic rings. The summed E-state index contributed by atoms with van der Waals surface area (Å²) in [7, 11) is 1.69. The maximum Gasteiger partial charge on any atom is 0.194 e. The summed E-state index contributed by atoms with van der Waals surface area (Å²) in [5.74, 6) is 3.11. The van der Waals surface area contributed by atoms with E-state index in [0.29, 0.717) is 6.54 Å². The van der Waals surface area contributed by atoms with Crippen LogP contribution in [0.15, 0.2) is 29.3 Å². The molecule has 0 bridgehead atoms. The standard InChI is InChI=1S/C17H27N3OS/c1-4-16-13-20(10-11-22-16)17(18-5-2)19-12-14-6-8-15(21-3)9-7-14/h6-9,16H,4-5,10-13H2,1-3H3,(H,18,19). The number of aliphatic imine (C=N–C) groups is 1. The normalized spacial score (nSPS) is 19.1. The topological polar surface area (TPSA) is 36.9 Å². The van der Waals surface area contributed by atoms with Crippen molar-refractivity contribution in [1.29, 1.82) is 0 Å². The summed E-state index contributed by atoms with van der Waals surface area (Å²) in [6.45, 7) is 8.17. The van der Waals surface area contributed by atoms with Gasteiger partial charge in [-0.2, -0.15) is 11.8 Å². The zero-order chi connectivity index (χ0) is 15.8. The van der Waals surface area contributed by atoms with Crippen LogP contribution < -0.4 is 10.1 Å². The summed E-state index contributed by atoms with van der Waals surface area (Å²) in [6.07, 6.45) is 1.22. The van der Waals surface area contributed by atoms with E-state index >= 15 is 0 Å². The molecular formula is C17H27N3OS. The van der Waals surface area contributed by atoms with Crippen molar-refractivity contribution in [3.8, 4) is 5.75 Å². The molecule has 1 saturated heterocycles. The van der Waals surface area contributed by atoms with Crippen LogP contribution >= 0.6 is 11.8 Å². The summed E-state index contributed by atoms with van der Waals surface area (Å²) < 4.78 is 5.19. The smallest absolute Gasteiger partial charge is 0.194 e. The second-order valence-corrected chi connectivity index (χ2v) is 6.77. The fourth-order valence-electron chi connectivity index (χ4n) is 2.48. The third-order valence-corrected chi connectivity index (χ3v) is 5.17. The van der Waals surface area contributed by atoms with Gasteiger partial charge in [0.05, 0.1) is 13.7 Å². The molecule has 1 unspecified atom stereocenters. The summed E-state index contributed by atoms with van der Waals surface area (Å²) >= 11 is 2.08. The van der Waals surface area contributed by atoms with E-state index in [1.165, 1.54) is 17.7 Å². The molecule has 5 heteroatoms. The quantitative estimate of drug-likeness (QED) is 0.668. The molecule has 122 valence electrons. The molecule has 2 rings (SSSR count). The third kappa shape index (κ3) is 4.83. The minimum atomic E-state index is 0.701. The third-order valence-electron chi connectivity index (χ3n) is 3.80. The molecule has 1 fully saturated rings. The van der Waals surface area contributed by atoms with Crippen molar-refractivity contribution in [2.24, 2.45) is 4.99 Å². The fraction of sp³-hybridized carbons (Fsp3) is 0.588. The lowest BCUT2D eigenvalue weighted by Gasteiger charge is -2.34. The molecule has 0 saturated carbocycles. The van der Waals surface area contributed by atoms with Crippen molar-refractivity contribution < 1.29 is 4.74 Å². The highest BCUT2D eigenvalue weighted by atomic mass is 32.2. The van der Waals surface area contributed by atoms with Gasteiger partial charge in [0.25, 0.3) is 0 Å². The van der Waals surface area contributed by atoms with Gasteiger partial charge in [-0.05, 0) is 31.0 Å². The Labute approximate surface area is 138 Å². The number of hydrogen-bond acceptors (Lipinski definition) is 3. The molecule has 22 heavy (non-hydrogen) atoms. The molecule has 0 aromatic heterocycles. The number of methoxy groups -OCH3 is 1. The predicted octanol–water partition coefficient (Wildman–Crippen LogP) is 2.99. The Morgan fingerprint density at radius 3 is 2.77 bits per heavy atom. The number of nitrogens with one attached hydrogen (secondary N) is 1. The van der Waals surface area contributed by atoms with Crippen LogP contribution in [0.5, 0.6) is 5.75 Å². The first-order chi connectivity index (χ1) is 10.8. The number of nitrogens with zero attached hydrogens (tertiary/aromatic N) is 2. The van der Waals surface area contributed by atoms with Crippen LogP contribution in [0.2, 0.25) is 0 Å². The molecule has 1 atom stereocenters. The van der Waals surface area contributed by atoms with Crippen molar-refractivity contribution in [3.05, 3.63) is 29.8 Å². The molecule has 0 spiro atoms. The second-order valence-electron chi connectivity index (χ2n) is 5.37. The lowest BCUT2D eigenvalue weighted by Crippen LogP contribution is -2.48. The Kier molecular flexibility index (Phi) is 6.90. The first-order valence-corrected chi connectivity index (χ1v) is 9.09. The van der Waals surface area contributed by atoms with Gasteiger partial charge in [0.1, 0.15) is 5.75 Å². The van der Waals surface area contributed by atoms with E-state index in [-0.39, 0.29) is 0 Å². The van der Waals surface area contributed by atoms with Crippen LogP contribution in [-0.4, -0.2) is 48.6 Å². The van der Waals surface area contributed by atoms with E-state index < -0.39 is 0 Å². The monoisotopic (exact) mass is 321 g/mol. The average molecular weight is 321 g/mol. The van der Waals surface area contributed by atoms with Gasteiger partial charge < -0.3 is 15.0 Å². The number of guanidine groups is 1. The SMILES string of the molecule is CCNC(=NCc1ccc(OC)cc1)N1CCSC(CC)C1. The largest absolute Gasteiger partial charge is 0.497 e. The summed E-state index contributed by atoms with van der Waals surface area (Å²) in [6, 6.07) is 8.13. The zero-order valence-corrected chi connectivity index (χ0v) is 14.7.